The van der Waals surface area contributed by atoms with Crippen molar-refractivity contribution in [2.24, 2.45) is 0 Å². The van der Waals surface area contributed by atoms with Crippen LogP contribution in [0, 0.1) is 0 Å². The minimum atomic E-state index is -0.275. The van der Waals surface area contributed by atoms with Gasteiger partial charge in [0.2, 0.25) is 0 Å². The smallest absolute Gasteiger partial charge is 0.163 e. The number of benzene rings is 2. The molecule has 1 unspecified atom stereocenters. The zero-order valence-electron chi connectivity index (χ0n) is 11.9. The van der Waals surface area contributed by atoms with E-state index in [1.807, 2.05) is 71.8 Å². The normalized spacial score (nSPS) is 17.9. The number of hydrogen-bond donors (Lipinski definition) is 0. The lowest BCUT2D eigenvalue weighted by atomic mass is 9.96. The lowest BCUT2D eigenvalue weighted by Crippen LogP contribution is -2.32. The molecule has 1 aliphatic rings. The van der Waals surface area contributed by atoms with Gasteiger partial charge >= 0.3 is 0 Å². The molecule has 0 amide bonds. The topological polar surface area (TPSA) is 29.5 Å². The number of nitrogens with zero attached hydrogens (tertiary/aromatic N) is 1. The molecule has 1 heterocycles. The number of hydrogen-bond acceptors (Lipinski definition) is 3. The molecule has 2 aromatic carbocycles. The maximum atomic E-state index is 12.4. The molecule has 0 fully saturated rings. The Hall–Kier alpha value is -2.55. The van der Waals surface area contributed by atoms with Crippen LogP contribution in [-0.2, 0) is 4.79 Å². The van der Waals surface area contributed by atoms with E-state index in [-0.39, 0.29) is 11.8 Å². The van der Waals surface area contributed by atoms with E-state index in [2.05, 4.69) is 0 Å². The van der Waals surface area contributed by atoms with E-state index < -0.39 is 0 Å². The van der Waals surface area contributed by atoms with Crippen LogP contribution in [0.5, 0.6) is 5.75 Å². The van der Waals surface area contributed by atoms with Gasteiger partial charge in [0.15, 0.2) is 5.78 Å². The average molecular weight is 279 g/mol. The predicted molar refractivity (Wildman–Crippen MR) is 83.4 cm³/mol. The predicted octanol–water partition coefficient (Wildman–Crippen LogP) is 3.73. The first kappa shape index (κ1) is 13.4. The van der Waals surface area contributed by atoms with Gasteiger partial charge in [-0.3, -0.25) is 4.79 Å². The van der Waals surface area contributed by atoms with Crippen LogP contribution in [0.4, 0.5) is 5.69 Å². The summed E-state index contributed by atoms with van der Waals surface area (Å²) in [4.78, 5) is 14.4. The van der Waals surface area contributed by atoms with Crippen LogP contribution in [0.1, 0.15) is 18.0 Å². The molecule has 1 atom stereocenters. The fraction of sp³-hybridized carbons (Fsp3) is 0.167. The van der Waals surface area contributed by atoms with Crippen LogP contribution in [0.15, 0.2) is 66.9 Å². The van der Waals surface area contributed by atoms with Crippen LogP contribution < -0.4 is 9.64 Å². The number of methoxy groups -OCH3 is 1. The first-order chi connectivity index (χ1) is 10.3. The second kappa shape index (κ2) is 5.83. The molecule has 0 aliphatic carbocycles. The SMILES string of the molecule is COc1cccc(N2C=CCC(=O)C2c2ccccc2)c1. The van der Waals surface area contributed by atoms with Crippen molar-refractivity contribution in [3.8, 4) is 5.75 Å². The molecule has 0 bridgehead atoms. The fourth-order valence-corrected chi connectivity index (χ4v) is 2.62. The van der Waals surface area contributed by atoms with Crippen molar-refractivity contribution in [3.05, 3.63) is 72.4 Å². The van der Waals surface area contributed by atoms with E-state index in [0.717, 1.165) is 17.0 Å². The van der Waals surface area contributed by atoms with E-state index in [9.17, 15) is 4.79 Å². The van der Waals surface area contributed by atoms with Gasteiger partial charge in [-0.25, -0.2) is 0 Å². The van der Waals surface area contributed by atoms with Crippen molar-refractivity contribution in [1.82, 2.24) is 0 Å². The Morgan fingerprint density at radius 2 is 1.90 bits per heavy atom. The molecule has 3 nitrogen and oxygen atoms in total. The first-order valence-electron chi connectivity index (χ1n) is 6.96. The molecule has 106 valence electrons. The van der Waals surface area contributed by atoms with E-state index in [0.29, 0.717) is 6.42 Å². The quantitative estimate of drug-likeness (QED) is 0.857. The van der Waals surface area contributed by atoms with Gasteiger partial charge in [0.1, 0.15) is 11.8 Å². The number of rotatable bonds is 3. The highest BCUT2D eigenvalue weighted by atomic mass is 16.5. The molecule has 3 heteroatoms. The summed E-state index contributed by atoms with van der Waals surface area (Å²) in [5, 5.41) is 0. The molecule has 1 aliphatic heterocycles. The number of ether oxygens (including phenoxy) is 1. The van der Waals surface area contributed by atoms with Gasteiger partial charge in [-0.05, 0) is 17.7 Å². The van der Waals surface area contributed by atoms with E-state index >= 15 is 0 Å². The molecule has 3 rings (SSSR count). The Labute approximate surface area is 124 Å². The third-order valence-electron chi connectivity index (χ3n) is 3.63. The molecule has 21 heavy (non-hydrogen) atoms. The van der Waals surface area contributed by atoms with Gasteiger partial charge in [-0.1, -0.05) is 42.5 Å². The second-order valence-electron chi connectivity index (χ2n) is 4.98. The summed E-state index contributed by atoms with van der Waals surface area (Å²) in [5.74, 6) is 0.984. The Bertz CT molecular complexity index is 664. The molecular formula is C18H17NO2. The Kier molecular flexibility index (Phi) is 3.73. The molecule has 0 aromatic heterocycles. The van der Waals surface area contributed by atoms with Crippen molar-refractivity contribution < 1.29 is 9.53 Å². The second-order valence-corrected chi connectivity index (χ2v) is 4.98. The Morgan fingerprint density at radius 3 is 2.67 bits per heavy atom. The molecule has 0 saturated carbocycles. The van der Waals surface area contributed by atoms with Gasteiger partial charge in [0.05, 0.1) is 7.11 Å². The maximum absolute atomic E-state index is 12.4. The minimum Gasteiger partial charge on any atom is -0.497 e. The summed E-state index contributed by atoms with van der Waals surface area (Å²) in [6, 6.07) is 17.4. The summed E-state index contributed by atoms with van der Waals surface area (Å²) < 4.78 is 5.28. The third kappa shape index (κ3) is 2.68. The van der Waals surface area contributed by atoms with E-state index in [1.54, 1.807) is 7.11 Å². The zero-order valence-corrected chi connectivity index (χ0v) is 11.9. The van der Waals surface area contributed by atoms with E-state index in [4.69, 9.17) is 4.74 Å². The fourth-order valence-electron chi connectivity index (χ4n) is 2.62. The molecule has 0 radical (unpaired) electrons. The maximum Gasteiger partial charge on any atom is 0.163 e. The van der Waals surface area contributed by atoms with Crippen LogP contribution in [0.25, 0.3) is 0 Å². The summed E-state index contributed by atoms with van der Waals surface area (Å²) >= 11 is 0. The molecular weight excluding hydrogens is 262 g/mol. The zero-order chi connectivity index (χ0) is 14.7. The molecule has 2 aromatic rings. The summed E-state index contributed by atoms with van der Waals surface area (Å²) in [5.41, 5.74) is 1.96. The first-order valence-corrected chi connectivity index (χ1v) is 6.96. The number of carbonyl (C=O) groups is 1. The largest absolute Gasteiger partial charge is 0.497 e. The van der Waals surface area contributed by atoms with Crippen molar-refractivity contribution >= 4 is 11.5 Å². The average Bonchev–Trinajstić information content (AvgIpc) is 2.55. The van der Waals surface area contributed by atoms with Gasteiger partial charge < -0.3 is 9.64 Å². The van der Waals surface area contributed by atoms with Crippen LogP contribution >= 0.6 is 0 Å². The lowest BCUT2D eigenvalue weighted by molar-refractivity contribution is -0.119. The number of ketones is 1. The van der Waals surface area contributed by atoms with Crippen LogP contribution in [0.2, 0.25) is 0 Å². The summed E-state index contributed by atoms with van der Waals surface area (Å²) in [7, 11) is 1.64. The number of anilines is 1. The number of Topliss-reactive ketones (excluding diaryl/α,β-unsaturated/α-hetero) is 1. The highest BCUT2D eigenvalue weighted by molar-refractivity contribution is 5.91. The van der Waals surface area contributed by atoms with Gasteiger partial charge in [-0.15, -0.1) is 0 Å². The van der Waals surface area contributed by atoms with E-state index in [1.165, 1.54) is 0 Å². The van der Waals surface area contributed by atoms with Gasteiger partial charge in [0.25, 0.3) is 0 Å². The van der Waals surface area contributed by atoms with Crippen molar-refractivity contribution in [2.75, 3.05) is 12.0 Å². The highest BCUT2D eigenvalue weighted by Crippen LogP contribution is 2.33. The Balaban J connectivity index is 2.03. The van der Waals surface area contributed by atoms with Crippen molar-refractivity contribution in [1.29, 1.82) is 0 Å². The summed E-state index contributed by atoms with van der Waals surface area (Å²) in [6.07, 6.45) is 4.36. The minimum absolute atomic E-state index is 0.200. The Morgan fingerprint density at radius 1 is 1.10 bits per heavy atom. The third-order valence-corrected chi connectivity index (χ3v) is 3.63. The number of allylic oxidation sites excluding steroid dienone is 1. The molecule has 0 spiro atoms. The molecule has 0 N–H and O–H groups in total. The van der Waals surface area contributed by atoms with Crippen molar-refractivity contribution in [2.45, 2.75) is 12.5 Å². The molecule has 0 saturated heterocycles. The highest BCUT2D eigenvalue weighted by Gasteiger charge is 2.28. The standard InChI is InChI=1S/C18H17NO2/c1-21-16-10-5-9-15(13-16)19-12-6-11-17(20)18(19)14-7-3-2-4-8-14/h2-10,12-13,18H,11H2,1H3. The monoisotopic (exact) mass is 279 g/mol. The van der Waals surface area contributed by atoms with Gasteiger partial charge in [-0.2, -0.15) is 0 Å². The summed E-state index contributed by atoms with van der Waals surface area (Å²) in [6.45, 7) is 0. The van der Waals surface area contributed by atoms with Crippen molar-refractivity contribution in [3.63, 3.8) is 0 Å². The number of carbonyl (C=O) groups excluding carboxylic acids is 1. The lowest BCUT2D eigenvalue weighted by Gasteiger charge is -2.32. The van der Waals surface area contributed by atoms with Gasteiger partial charge in [0, 0.05) is 24.4 Å². The van der Waals surface area contributed by atoms with Crippen LogP contribution in [-0.4, -0.2) is 12.9 Å². The van der Waals surface area contributed by atoms with Crippen LogP contribution in [0.3, 0.4) is 0 Å².